The van der Waals surface area contributed by atoms with Crippen LogP contribution in [0.15, 0.2) is 41.8 Å². The maximum absolute atomic E-state index is 12.8. The Kier molecular flexibility index (Phi) is 3.11. The van der Waals surface area contributed by atoms with Crippen LogP contribution in [0.5, 0.6) is 0 Å². The lowest BCUT2D eigenvalue weighted by Gasteiger charge is -2.13. The van der Waals surface area contributed by atoms with E-state index in [0.29, 0.717) is 6.54 Å². The molecule has 3 rings (SSSR count). The van der Waals surface area contributed by atoms with Crippen molar-refractivity contribution in [2.45, 2.75) is 24.8 Å². The number of amides is 1. The summed E-state index contributed by atoms with van der Waals surface area (Å²) >= 11 is 1.63. The lowest BCUT2D eigenvalue weighted by Crippen LogP contribution is -2.33. The molecule has 4 heteroatoms. The first-order valence-electron chi connectivity index (χ1n) is 6.27. The van der Waals surface area contributed by atoms with Crippen LogP contribution >= 0.6 is 11.3 Å². The molecule has 0 atom stereocenters. The number of nitrogens with one attached hydrogen (secondary N) is 1. The van der Waals surface area contributed by atoms with Crippen LogP contribution in [0.25, 0.3) is 0 Å². The zero-order chi connectivity index (χ0) is 13.3. The highest BCUT2D eigenvalue weighted by Crippen LogP contribution is 2.50. The van der Waals surface area contributed by atoms with Gasteiger partial charge in [-0.1, -0.05) is 18.2 Å². The lowest BCUT2D eigenvalue weighted by molar-refractivity contribution is -0.123. The molecular formula is C15H14FNOS. The van der Waals surface area contributed by atoms with Crippen molar-refractivity contribution in [2.75, 3.05) is 0 Å². The second-order valence-corrected chi connectivity index (χ2v) is 5.82. The van der Waals surface area contributed by atoms with E-state index in [9.17, 15) is 9.18 Å². The number of thiophene rings is 1. The SMILES string of the molecule is O=C(NCc1ccc(F)cc1)C1(c2cccs2)CC1. The van der Waals surface area contributed by atoms with Crippen LogP contribution in [0.2, 0.25) is 0 Å². The van der Waals surface area contributed by atoms with E-state index in [1.165, 1.54) is 12.1 Å². The van der Waals surface area contributed by atoms with Gasteiger partial charge in [-0.3, -0.25) is 4.79 Å². The molecule has 1 saturated carbocycles. The van der Waals surface area contributed by atoms with Crippen LogP contribution in [-0.4, -0.2) is 5.91 Å². The number of rotatable bonds is 4. The van der Waals surface area contributed by atoms with Gasteiger partial charge in [0, 0.05) is 11.4 Å². The summed E-state index contributed by atoms with van der Waals surface area (Å²) < 4.78 is 12.8. The van der Waals surface area contributed by atoms with Gasteiger partial charge in [0.05, 0.1) is 5.41 Å². The minimum atomic E-state index is -0.297. The zero-order valence-corrected chi connectivity index (χ0v) is 11.2. The van der Waals surface area contributed by atoms with Crippen molar-refractivity contribution < 1.29 is 9.18 Å². The molecule has 1 aliphatic carbocycles. The normalized spacial score (nSPS) is 16.1. The van der Waals surface area contributed by atoms with E-state index in [4.69, 9.17) is 0 Å². The van der Waals surface area contributed by atoms with E-state index < -0.39 is 0 Å². The first-order valence-corrected chi connectivity index (χ1v) is 7.15. The fraction of sp³-hybridized carbons (Fsp3) is 0.267. The first kappa shape index (κ1) is 12.4. The first-order chi connectivity index (χ1) is 9.21. The molecule has 1 amide bonds. The van der Waals surface area contributed by atoms with Crippen LogP contribution < -0.4 is 5.32 Å². The Balaban J connectivity index is 1.65. The second-order valence-electron chi connectivity index (χ2n) is 4.87. The van der Waals surface area contributed by atoms with Crippen LogP contribution in [0.1, 0.15) is 23.3 Å². The smallest absolute Gasteiger partial charge is 0.231 e. The van der Waals surface area contributed by atoms with Crippen LogP contribution in [-0.2, 0) is 16.8 Å². The molecule has 0 unspecified atom stereocenters. The maximum Gasteiger partial charge on any atom is 0.231 e. The Morgan fingerprint density at radius 3 is 2.58 bits per heavy atom. The third-order valence-corrected chi connectivity index (χ3v) is 4.62. The fourth-order valence-corrected chi connectivity index (χ4v) is 3.20. The van der Waals surface area contributed by atoms with Crippen molar-refractivity contribution in [2.24, 2.45) is 0 Å². The Bertz CT molecular complexity index is 573. The average molecular weight is 275 g/mol. The van der Waals surface area contributed by atoms with Crippen LogP contribution in [0.4, 0.5) is 4.39 Å². The molecule has 2 aromatic rings. The average Bonchev–Trinajstić information content (AvgIpc) is 3.05. The number of carbonyl (C=O) groups excluding carboxylic acids is 1. The number of carbonyl (C=O) groups is 1. The van der Waals surface area contributed by atoms with E-state index in [1.54, 1.807) is 23.5 Å². The number of halogens is 1. The predicted octanol–water partition coefficient (Wildman–Crippen LogP) is 3.24. The fourth-order valence-electron chi connectivity index (χ4n) is 2.22. The number of hydrogen-bond acceptors (Lipinski definition) is 2. The monoisotopic (exact) mass is 275 g/mol. The minimum absolute atomic E-state index is 0.0827. The van der Waals surface area contributed by atoms with Gasteiger partial charge in [0.25, 0.3) is 0 Å². The van der Waals surface area contributed by atoms with Gasteiger partial charge in [-0.25, -0.2) is 4.39 Å². The molecule has 1 aromatic heterocycles. The molecule has 1 fully saturated rings. The molecule has 0 radical (unpaired) electrons. The van der Waals surface area contributed by atoms with E-state index in [2.05, 4.69) is 5.32 Å². The van der Waals surface area contributed by atoms with Crippen LogP contribution in [0, 0.1) is 5.82 Å². The van der Waals surface area contributed by atoms with E-state index in [1.807, 2.05) is 17.5 Å². The Hall–Kier alpha value is -1.68. The molecule has 0 aliphatic heterocycles. The van der Waals surface area contributed by atoms with Gasteiger partial charge in [-0.15, -0.1) is 11.3 Å². The highest BCUT2D eigenvalue weighted by molar-refractivity contribution is 7.10. The minimum Gasteiger partial charge on any atom is -0.351 e. The van der Waals surface area contributed by atoms with Crippen molar-refractivity contribution in [1.29, 1.82) is 0 Å². The van der Waals surface area contributed by atoms with Gasteiger partial charge >= 0.3 is 0 Å². The van der Waals surface area contributed by atoms with Gasteiger partial charge < -0.3 is 5.32 Å². The molecule has 1 aromatic carbocycles. The summed E-state index contributed by atoms with van der Waals surface area (Å²) in [5, 5.41) is 4.96. The van der Waals surface area contributed by atoms with E-state index >= 15 is 0 Å². The van der Waals surface area contributed by atoms with Crippen LogP contribution in [0.3, 0.4) is 0 Å². The largest absolute Gasteiger partial charge is 0.351 e. The predicted molar refractivity (Wildman–Crippen MR) is 73.5 cm³/mol. The summed E-state index contributed by atoms with van der Waals surface area (Å²) in [6.07, 6.45) is 1.84. The quantitative estimate of drug-likeness (QED) is 0.912. The summed E-state index contributed by atoms with van der Waals surface area (Å²) in [6, 6.07) is 10.2. The molecule has 1 heterocycles. The Morgan fingerprint density at radius 2 is 2.00 bits per heavy atom. The van der Waals surface area contributed by atoms with Gasteiger partial charge in [0.15, 0.2) is 0 Å². The summed E-state index contributed by atoms with van der Waals surface area (Å²) in [6.45, 7) is 0.451. The van der Waals surface area contributed by atoms with Gasteiger partial charge in [-0.2, -0.15) is 0 Å². The summed E-state index contributed by atoms with van der Waals surface area (Å²) in [5.74, 6) is -0.174. The van der Waals surface area contributed by atoms with E-state index in [-0.39, 0.29) is 17.1 Å². The Morgan fingerprint density at radius 1 is 1.26 bits per heavy atom. The molecule has 0 bridgehead atoms. The van der Waals surface area contributed by atoms with Gasteiger partial charge in [-0.05, 0) is 42.0 Å². The molecule has 98 valence electrons. The highest BCUT2D eigenvalue weighted by atomic mass is 32.1. The zero-order valence-electron chi connectivity index (χ0n) is 10.4. The summed E-state index contributed by atoms with van der Waals surface area (Å²) in [7, 11) is 0. The molecule has 1 N–H and O–H groups in total. The standard InChI is InChI=1S/C15H14FNOS/c16-12-5-3-11(4-6-12)10-17-14(18)15(7-8-15)13-2-1-9-19-13/h1-6,9H,7-8,10H2,(H,17,18). The molecular weight excluding hydrogens is 261 g/mol. The molecule has 0 saturated heterocycles. The van der Waals surface area contributed by atoms with Crippen molar-refractivity contribution in [1.82, 2.24) is 5.32 Å². The summed E-state index contributed by atoms with van der Waals surface area (Å²) in [5.41, 5.74) is 0.616. The summed E-state index contributed by atoms with van der Waals surface area (Å²) in [4.78, 5) is 13.4. The van der Waals surface area contributed by atoms with Crippen molar-refractivity contribution >= 4 is 17.2 Å². The lowest BCUT2D eigenvalue weighted by atomic mass is 10.0. The number of benzene rings is 1. The Labute approximate surface area is 115 Å². The molecule has 1 aliphatic rings. The molecule has 2 nitrogen and oxygen atoms in total. The topological polar surface area (TPSA) is 29.1 Å². The van der Waals surface area contributed by atoms with Gasteiger partial charge in [0.1, 0.15) is 5.82 Å². The number of hydrogen-bond donors (Lipinski definition) is 1. The van der Waals surface area contributed by atoms with E-state index in [0.717, 1.165) is 23.3 Å². The van der Waals surface area contributed by atoms with Gasteiger partial charge in [0.2, 0.25) is 5.91 Å². The molecule has 19 heavy (non-hydrogen) atoms. The van der Waals surface area contributed by atoms with Crippen molar-refractivity contribution in [3.8, 4) is 0 Å². The molecule has 0 spiro atoms. The second kappa shape index (κ2) is 4.78. The maximum atomic E-state index is 12.8. The van der Waals surface area contributed by atoms with Crippen molar-refractivity contribution in [3.63, 3.8) is 0 Å². The third kappa shape index (κ3) is 2.40. The van der Waals surface area contributed by atoms with Crippen molar-refractivity contribution in [3.05, 3.63) is 58.0 Å². The third-order valence-electron chi connectivity index (χ3n) is 3.54. The highest BCUT2D eigenvalue weighted by Gasteiger charge is 2.51.